The summed E-state index contributed by atoms with van der Waals surface area (Å²) in [6.45, 7) is 4.28. The van der Waals surface area contributed by atoms with Crippen LogP contribution in [0.3, 0.4) is 0 Å². The molecule has 118 valence electrons. The minimum atomic E-state index is 0.0633. The van der Waals surface area contributed by atoms with Crippen molar-refractivity contribution in [1.29, 1.82) is 5.26 Å². The number of carbonyl (C=O) groups is 1. The second-order valence-corrected chi connectivity index (χ2v) is 5.50. The van der Waals surface area contributed by atoms with Crippen LogP contribution in [0, 0.1) is 11.3 Å². The first-order chi connectivity index (χ1) is 10.6. The molecule has 1 aliphatic rings. The number of carbonyl (C=O) groups excluding carboxylic acids is 1. The Morgan fingerprint density at radius 2 is 1.91 bits per heavy atom. The van der Waals surface area contributed by atoms with Crippen LogP contribution in [0.5, 0.6) is 5.75 Å². The monoisotopic (exact) mass is 302 g/mol. The van der Waals surface area contributed by atoms with Crippen molar-refractivity contribution >= 4 is 11.6 Å². The molecule has 2 rings (SSSR count). The molecule has 1 amide bonds. The molecule has 0 unspecified atom stereocenters. The first-order valence-corrected chi connectivity index (χ1v) is 7.47. The second-order valence-electron chi connectivity index (χ2n) is 5.50. The van der Waals surface area contributed by atoms with E-state index in [-0.39, 0.29) is 11.7 Å². The third-order valence-electron chi connectivity index (χ3n) is 3.93. The number of benzene rings is 1. The molecule has 1 saturated heterocycles. The van der Waals surface area contributed by atoms with Gasteiger partial charge in [-0.05, 0) is 24.3 Å². The van der Waals surface area contributed by atoms with E-state index in [4.69, 9.17) is 5.26 Å². The summed E-state index contributed by atoms with van der Waals surface area (Å²) in [4.78, 5) is 18.1. The minimum Gasteiger partial charge on any atom is -0.508 e. The molecule has 0 saturated carbocycles. The lowest BCUT2D eigenvalue weighted by Crippen LogP contribution is -2.49. The van der Waals surface area contributed by atoms with Gasteiger partial charge >= 0.3 is 0 Å². The summed E-state index contributed by atoms with van der Waals surface area (Å²) in [6, 6.07) is 9.25. The molecule has 0 atom stereocenters. The topological polar surface area (TPSA) is 70.8 Å². The Labute approximate surface area is 131 Å². The number of hydrogen-bond acceptors (Lipinski definition) is 5. The number of amides is 1. The normalized spacial score (nSPS) is 15.4. The van der Waals surface area contributed by atoms with Crippen molar-refractivity contribution in [3.05, 3.63) is 24.3 Å². The van der Waals surface area contributed by atoms with Crippen molar-refractivity contribution in [3.63, 3.8) is 0 Å². The quantitative estimate of drug-likeness (QED) is 0.874. The van der Waals surface area contributed by atoms with E-state index in [0.717, 1.165) is 31.9 Å². The summed E-state index contributed by atoms with van der Waals surface area (Å²) in [6.07, 6.45) is 0.372. The van der Waals surface area contributed by atoms with Crippen molar-refractivity contribution in [2.75, 3.05) is 51.2 Å². The van der Waals surface area contributed by atoms with E-state index in [1.54, 1.807) is 24.1 Å². The fourth-order valence-electron chi connectivity index (χ4n) is 2.48. The van der Waals surface area contributed by atoms with Crippen LogP contribution in [0.2, 0.25) is 0 Å². The SMILES string of the molecule is CN(CCC#N)C(=O)CN1CCN(c2ccc(O)cc2)CC1. The number of rotatable bonds is 5. The Morgan fingerprint density at radius 1 is 1.27 bits per heavy atom. The molecule has 6 nitrogen and oxygen atoms in total. The zero-order valence-electron chi connectivity index (χ0n) is 12.9. The van der Waals surface area contributed by atoms with Gasteiger partial charge in [-0.2, -0.15) is 5.26 Å². The molecule has 0 aromatic heterocycles. The van der Waals surface area contributed by atoms with Crippen molar-refractivity contribution in [2.45, 2.75) is 6.42 Å². The molecule has 0 bridgehead atoms. The van der Waals surface area contributed by atoms with Crippen LogP contribution in [-0.4, -0.2) is 67.1 Å². The van der Waals surface area contributed by atoms with Crippen molar-refractivity contribution in [1.82, 2.24) is 9.80 Å². The zero-order chi connectivity index (χ0) is 15.9. The number of phenolic OH excluding ortho intramolecular Hbond substituents is 1. The lowest BCUT2D eigenvalue weighted by atomic mass is 10.2. The van der Waals surface area contributed by atoms with Crippen molar-refractivity contribution in [2.24, 2.45) is 0 Å². The number of nitriles is 1. The summed E-state index contributed by atoms with van der Waals surface area (Å²) in [5.41, 5.74) is 1.09. The Bertz CT molecular complexity index is 530. The van der Waals surface area contributed by atoms with E-state index in [1.165, 1.54) is 0 Å². The highest BCUT2D eigenvalue weighted by Crippen LogP contribution is 2.19. The standard InChI is InChI=1S/C16H22N4O2/c1-18(8-2-7-17)16(22)13-19-9-11-20(12-10-19)14-3-5-15(21)6-4-14/h3-6,21H,2,8-13H2,1H3. The van der Waals surface area contributed by atoms with Gasteiger partial charge in [0.05, 0.1) is 19.0 Å². The van der Waals surface area contributed by atoms with Crippen LogP contribution in [0.4, 0.5) is 5.69 Å². The van der Waals surface area contributed by atoms with E-state index >= 15 is 0 Å². The fourth-order valence-corrected chi connectivity index (χ4v) is 2.48. The largest absolute Gasteiger partial charge is 0.508 e. The first-order valence-electron chi connectivity index (χ1n) is 7.47. The van der Waals surface area contributed by atoms with E-state index < -0.39 is 0 Å². The van der Waals surface area contributed by atoms with E-state index in [0.29, 0.717) is 19.5 Å². The molecule has 1 aromatic carbocycles. The summed E-state index contributed by atoms with van der Waals surface area (Å²) in [5.74, 6) is 0.335. The third-order valence-corrected chi connectivity index (χ3v) is 3.93. The van der Waals surface area contributed by atoms with Crippen LogP contribution in [0.15, 0.2) is 24.3 Å². The Hall–Kier alpha value is -2.26. The molecule has 1 N–H and O–H groups in total. The van der Waals surface area contributed by atoms with Crippen LogP contribution in [-0.2, 0) is 4.79 Å². The van der Waals surface area contributed by atoms with Crippen molar-refractivity contribution < 1.29 is 9.90 Å². The fraction of sp³-hybridized carbons (Fsp3) is 0.500. The molecule has 1 fully saturated rings. The van der Waals surface area contributed by atoms with Gasteiger partial charge in [0.25, 0.3) is 0 Å². The van der Waals surface area contributed by atoms with Crippen LogP contribution < -0.4 is 4.90 Å². The van der Waals surface area contributed by atoms with E-state index in [2.05, 4.69) is 15.9 Å². The van der Waals surface area contributed by atoms with Gasteiger partial charge in [0, 0.05) is 45.5 Å². The van der Waals surface area contributed by atoms with Crippen LogP contribution in [0.1, 0.15) is 6.42 Å². The van der Waals surface area contributed by atoms with Gasteiger partial charge in [-0.3, -0.25) is 9.69 Å². The van der Waals surface area contributed by atoms with Gasteiger partial charge in [0.15, 0.2) is 0 Å². The van der Waals surface area contributed by atoms with Crippen molar-refractivity contribution in [3.8, 4) is 11.8 Å². The molecule has 1 aliphatic heterocycles. The highest BCUT2D eigenvalue weighted by molar-refractivity contribution is 5.78. The van der Waals surface area contributed by atoms with Gasteiger partial charge in [0.1, 0.15) is 5.75 Å². The maximum absolute atomic E-state index is 12.0. The van der Waals surface area contributed by atoms with Gasteiger partial charge in [-0.15, -0.1) is 0 Å². The molecular formula is C16H22N4O2. The van der Waals surface area contributed by atoms with Gasteiger partial charge in [0.2, 0.25) is 5.91 Å². The molecule has 1 heterocycles. The summed E-state index contributed by atoms with van der Waals surface area (Å²) in [5, 5.41) is 17.9. The van der Waals surface area contributed by atoms with Gasteiger partial charge in [-0.1, -0.05) is 0 Å². The lowest BCUT2D eigenvalue weighted by molar-refractivity contribution is -0.131. The number of aromatic hydroxyl groups is 1. The summed E-state index contributed by atoms with van der Waals surface area (Å²) in [7, 11) is 1.74. The second kappa shape index (κ2) is 7.66. The zero-order valence-corrected chi connectivity index (χ0v) is 12.9. The smallest absolute Gasteiger partial charge is 0.236 e. The number of hydrogen-bond donors (Lipinski definition) is 1. The number of phenols is 1. The summed E-state index contributed by atoms with van der Waals surface area (Å²) >= 11 is 0. The molecule has 0 spiro atoms. The average Bonchev–Trinajstić information content (AvgIpc) is 2.54. The van der Waals surface area contributed by atoms with Crippen LogP contribution >= 0.6 is 0 Å². The van der Waals surface area contributed by atoms with Crippen LogP contribution in [0.25, 0.3) is 0 Å². The highest BCUT2D eigenvalue weighted by atomic mass is 16.3. The Morgan fingerprint density at radius 3 is 2.50 bits per heavy atom. The van der Waals surface area contributed by atoms with Gasteiger partial charge < -0.3 is 14.9 Å². The minimum absolute atomic E-state index is 0.0633. The summed E-state index contributed by atoms with van der Waals surface area (Å²) < 4.78 is 0. The maximum Gasteiger partial charge on any atom is 0.236 e. The first kappa shape index (κ1) is 16.1. The third kappa shape index (κ3) is 4.37. The molecule has 0 aliphatic carbocycles. The molecule has 1 aromatic rings. The Balaban J connectivity index is 1.78. The highest BCUT2D eigenvalue weighted by Gasteiger charge is 2.20. The molecule has 6 heteroatoms. The van der Waals surface area contributed by atoms with E-state index in [1.807, 2.05) is 12.1 Å². The Kier molecular flexibility index (Phi) is 5.61. The predicted octanol–water partition coefficient (Wildman–Crippen LogP) is 0.886. The lowest BCUT2D eigenvalue weighted by Gasteiger charge is -2.36. The number of nitrogens with zero attached hydrogens (tertiary/aromatic N) is 4. The predicted molar refractivity (Wildman–Crippen MR) is 84.6 cm³/mol. The van der Waals surface area contributed by atoms with Gasteiger partial charge in [-0.25, -0.2) is 0 Å². The number of piperazine rings is 1. The number of likely N-dealkylation sites (N-methyl/N-ethyl adjacent to an activating group) is 1. The average molecular weight is 302 g/mol. The molecule has 22 heavy (non-hydrogen) atoms. The number of anilines is 1. The molecule has 0 radical (unpaired) electrons. The maximum atomic E-state index is 12.0. The van der Waals surface area contributed by atoms with E-state index in [9.17, 15) is 9.90 Å². The molecular weight excluding hydrogens is 280 g/mol.